The number of nitrogens with one attached hydrogen (secondary N) is 2. The molecule has 3 saturated heterocycles. The molecule has 2 N–H and O–H groups in total. The standard InChI is InChI=1S/C29H32N4O7/c1-18-9-11-19(12-10-18)17-39-29-22(16-25(35)40-29)31-27(37)23-8-5-15-32-24(34)14-13-21(28(38)33(23)32)30-26(36)20-6-3-2-4-7-20/h2-4,6-7,9-12,21-23,29H,5,8,13-17H2,1H3,(H,30,36)(H,31,37)/t21-,22-,23-,29?/m0/s1. The molecule has 0 radical (unpaired) electrons. The van der Waals surface area contributed by atoms with Crippen molar-refractivity contribution in [2.24, 2.45) is 0 Å². The number of carbonyl (C=O) groups excluding carboxylic acids is 5. The number of cyclic esters (lactones) is 1. The Kier molecular flexibility index (Phi) is 8.11. The van der Waals surface area contributed by atoms with E-state index in [1.165, 1.54) is 10.0 Å². The highest BCUT2D eigenvalue weighted by molar-refractivity contribution is 5.99. The molecule has 2 aromatic carbocycles. The molecular weight excluding hydrogens is 516 g/mol. The number of carbonyl (C=O) groups is 5. The molecular formula is C29H32N4O7. The maximum atomic E-state index is 13.7. The Balaban J connectivity index is 1.28. The fourth-order valence-electron chi connectivity index (χ4n) is 5.18. The Hall–Kier alpha value is -4.25. The molecule has 0 saturated carbocycles. The van der Waals surface area contributed by atoms with E-state index < -0.39 is 48.1 Å². The second kappa shape index (κ2) is 11.9. The third-order valence-electron chi connectivity index (χ3n) is 7.33. The summed E-state index contributed by atoms with van der Waals surface area (Å²) in [6, 6.07) is 13.5. The summed E-state index contributed by atoms with van der Waals surface area (Å²) in [4.78, 5) is 65.0. The SMILES string of the molecule is Cc1ccc(COC2OC(=O)C[C@@H]2NC(=O)[C@@H]2CCCN3C(=O)CC[C@H](NC(=O)c4ccccc4)C(=O)N23)cc1. The van der Waals surface area contributed by atoms with Gasteiger partial charge in [-0.25, -0.2) is 5.01 Å². The van der Waals surface area contributed by atoms with Crippen molar-refractivity contribution in [1.29, 1.82) is 0 Å². The highest BCUT2D eigenvalue weighted by atomic mass is 16.7. The van der Waals surface area contributed by atoms with Crippen LogP contribution in [0.3, 0.4) is 0 Å². The third kappa shape index (κ3) is 5.99. The monoisotopic (exact) mass is 548 g/mol. The average Bonchev–Trinajstić information content (AvgIpc) is 3.26. The summed E-state index contributed by atoms with van der Waals surface area (Å²) in [5, 5.41) is 8.05. The zero-order valence-corrected chi connectivity index (χ0v) is 22.2. The van der Waals surface area contributed by atoms with E-state index in [0.29, 0.717) is 24.9 Å². The van der Waals surface area contributed by atoms with E-state index in [4.69, 9.17) is 9.47 Å². The third-order valence-corrected chi connectivity index (χ3v) is 7.33. The Bertz CT molecular complexity index is 1280. The predicted octanol–water partition coefficient (Wildman–Crippen LogP) is 1.60. The molecule has 0 aromatic heterocycles. The van der Waals surface area contributed by atoms with Crippen LogP contribution in [0.2, 0.25) is 0 Å². The molecule has 0 bridgehead atoms. The summed E-state index contributed by atoms with van der Waals surface area (Å²) in [6.45, 7) is 2.45. The molecule has 5 rings (SSSR count). The molecule has 11 heteroatoms. The second-order valence-electron chi connectivity index (χ2n) is 10.3. The molecule has 0 spiro atoms. The normalized spacial score (nSPS) is 24.7. The number of hydrazine groups is 1. The molecule has 11 nitrogen and oxygen atoms in total. The fourth-order valence-corrected chi connectivity index (χ4v) is 5.18. The molecule has 40 heavy (non-hydrogen) atoms. The van der Waals surface area contributed by atoms with Crippen molar-refractivity contribution < 1.29 is 33.4 Å². The summed E-state index contributed by atoms with van der Waals surface area (Å²) in [5.41, 5.74) is 2.38. The number of ether oxygens (including phenoxy) is 2. The lowest BCUT2D eigenvalue weighted by Crippen LogP contribution is -2.64. The van der Waals surface area contributed by atoms with E-state index in [1.807, 2.05) is 31.2 Å². The van der Waals surface area contributed by atoms with Crippen molar-refractivity contribution in [2.75, 3.05) is 6.54 Å². The molecule has 0 aliphatic carbocycles. The maximum absolute atomic E-state index is 13.7. The first kappa shape index (κ1) is 27.3. The van der Waals surface area contributed by atoms with Gasteiger partial charge in [0.1, 0.15) is 18.1 Å². The van der Waals surface area contributed by atoms with Crippen LogP contribution >= 0.6 is 0 Å². The number of aryl methyl sites for hydroxylation is 1. The van der Waals surface area contributed by atoms with Crippen LogP contribution < -0.4 is 10.6 Å². The number of nitrogens with zero attached hydrogens (tertiary/aromatic N) is 2. The fraction of sp³-hybridized carbons (Fsp3) is 0.414. The van der Waals surface area contributed by atoms with Crippen molar-refractivity contribution in [1.82, 2.24) is 20.7 Å². The van der Waals surface area contributed by atoms with E-state index in [1.54, 1.807) is 30.3 Å². The van der Waals surface area contributed by atoms with Crippen LogP contribution in [-0.4, -0.2) is 70.6 Å². The highest BCUT2D eigenvalue weighted by Crippen LogP contribution is 2.26. The van der Waals surface area contributed by atoms with Crippen molar-refractivity contribution in [3.8, 4) is 0 Å². The van der Waals surface area contributed by atoms with Crippen molar-refractivity contribution in [3.63, 3.8) is 0 Å². The first-order valence-corrected chi connectivity index (χ1v) is 13.5. The number of fused-ring (bicyclic) bond motifs is 1. The van der Waals surface area contributed by atoms with Crippen molar-refractivity contribution in [3.05, 3.63) is 71.3 Å². The summed E-state index contributed by atoms with van der Waals surface area (Å²) in [6.07, 6.45) is -0.0622. The molecule has 3 aliphatic rings. The van der Waals surface area contributed by atoms with Gasteiger partial charge in [-0.3, -0.25) is 29.0 Å². The van der Waals surface area contributed by atoms with Gasteiger partial charge in [0.05, 0.1) is 13.0 Å². The second-order valence-corrected chi connectivity index (χ2v) is 10.3. The van der Waals surface area contributed by atoms with E-state index in [2.05, 4.69) is 10.6 Å². The van der Waals surface area contributed by atoms with Gasteiger partial charge in [-0.15, -0.1) is 0 Å². The van der Waals surface area contributed by atoms with Crippen LogP contribution in [-0.2, 0) is 35.3 Å². The molecule has 210 valence electrons. The predicted molar refractivity (Wildman–Crippen MR) is 141 cm³/mol. The molecule has 3 aliphatic heterocycles. The van der Waals surface area contributed by atoms with Gasteiger partial charge in [-0.2, -0.15) is 0 Å². The van der Waals surface area contributed by atoms with Gasteiger partial charge in [0.25, 0.3) is 11.8 Å². The van der Waals surface area contributed by atoms with Crippen LogP contribution in [0.5, 0.6) is 0 Å². The van der Waals surface area contributed by atoms with E-state index >= 15 is 0 Å². The average molecular weight is 549 g/mol. The van der Waals surface area contributed by atoms with Gasteiger partial charge in [-0.1, -0.05) is 48.0 Å². The van der Waals surface area contributed by atoms with Crippen LogP contribution in [0.1, 0.15) is 53.6 Å². The van der Waals surface area contributed by atoms with Gasteiger partial charge < -0.3 is 20.1 Å². The Morgan fingerprint density at radius 1 is 1.00 bits per heavy atom. The smallest absolute Gasteiger partial charge is 0.310 e. The van der Waals surface area contributed by atoms with Gasteiger partial charge in [0.2, 0.25) is 18.1 Å². The minimum atomic E-state index is -0.993. The number of hydrogen-bond donors (Lipinski definition) is 2. The number of rotatable bonds is 7. The van der Waals surface area contributed by atoms with E-state index in [-0.39, 0.29) is 31.8 Å². The lowest BCUT2D eigenvalue weighted by atomic mass is 10.0. The van der Waals surface area contributed by atoms with Gasteiger partial charge in [-0.05, 0) is 43.9 Å². The Labute approximate surface area is 231 Å². The lowest BCUT2D eigenvalue weighted by Gasteiger charge is -2.43. The summed E-state index contributed by atoms with van der Waals surface area (Å²) < 4.78 is 11.1. The maximum Gasteiger partial charge on any atom is 0.310 e. The minimum absolute atomic E-state index is 0.0518. The van der Waals surface area contributed by atoms with Crippen LogP contribution in [0.25, 0.3) is 0 Å². The molecule has 3 heterocycles. The quantitative estimate of drug-likeness (QED) is 0.502. The van der Waals surface area contributed by atoms with E-state index in [9.17, 15) is 24.0 Å². The molecule has 4 amide bonds. The molecule has 1 unspecified atom stereocenters. The topological polar surface area (TPSA) is 134 Å². The number of hydrogen-bond acceptors (Lipinski definition) is 7. The van der Waals surface area contributed by atoms with Crippen molar-refractivity contribution >= 4 is 29.6 Å². The first-order chi connectivity index (χ1) is 19.3. The summed E-state index contributed by atoms with van der Waals surface area (Å²) >= 11 is 0. The van der Waals surface area contributed by atoms with Crippen LogP contribution in [0, 0.1) is 6.92 Å². The van der Waals surface area contributed by atoms with Crippen molar-refractivity contribution in [2.45, 2.75) is 70.1 Å². The van der Waals surface area contributed by atoms with Gasteiger partial charge in [0.15, 0.2) is 0 Å². The summed E-state index contributed by atoms with van der Waals surface area (Å²) in [7, 11) is 0. The van der Waals surface area contributed by atoms with Crippen LogP contribution in [0.15, 0.2) is 54.6 Å². The van der Waals surface area contributed by atoms with Crippen LogP contribution in [0.4, 0.5) is 0 Å². The van der Waals surface area contributed by atoms with E-state index in [0.717, 1.165) is 11.1 Å². The molecule has 3 fully saturated rings. The number of benzene rings is 2. The molecule has 4 atom stereocenters. The Morgan fingerprint density at radius 3 is 2.50 bits per heavy atom. The number of amides is 4. The first-order valence-electron chi connectivity index (χ1n) is 13.5. The zero-order chi connectivity index (χ0) is 28.2. The highest BCUT2D eigenvalue weighted by Gasteiger charge is 2.46. The summed E-state index contributed by atoms with van der Waals surface area (Å²) in [5.74, 6) is -2.28. The zero-order valence-electron chi connectivity index (χ0n) is 22.2. The molecule has 2 aromatic rings. The van der Waals surface area contributed by atoms with Gasteiger partial charge >= 0.3 is 5.97 Å². The minimum Gasteiger partial charge on any atom is -0.433 e. The number of esters is 1. The van der Waals surface area contributed by atoms with Gasteiger partial charge in [0, 0.05) is 18.5 Å². The lowest BCUT2D eigenvalue weighted by molar-refractivity contribution is -0.177. The Morgan fingerprint density at radius 2 is 1.75 bits per heavy atom. The largest absolute Gasteiger partial charge is 0.433 e.